The average Bonchev–Trinajstić information content (AvgIpc) is 2.45. The number of hydrogen-bond donors (Lipinski definition) is 1. The summed E-state index contributed by atoms with van der Waals surface area (Å²) < 4.78 is 0. The zero-order valence-electron chi connectivity index (χ0n) is 14.9. The predicted octanol–water partition coefficient (Wildman–Crippen LogP) is 4.33. The SMILES string of the molecule is CCC(C)N(CC)c1cc(CNC(C)C)cc(C(C)C)n1. The highest BCUT2D eigenvalue weighted by Crippen LogP contribution is 2.22. The zero-order valence-corrected chi connectivity index (χ0v) is 14.9. The summed E-state index contributed by atoms with van der Waals surface area (Å²) >= 11 is 0. The van der Waals surface area contributed by atoms with Crippen LogP contribution in [0.3, 0.4) is 0 Å². The minimum absolute atomic E-state index is 0.457. The lowest BCUT2D eigenvalue weighted by molar-refractivity contribution is 0.585. The molecule has 1 aromatic rings. The number of aromatic nitrogens is 1. The van der Waals surface area contributed by atoms with Crippen LogP contribution in [-0.4, -0.2) is 23.6 Å². The van der Waals surface area contributed by atoms with Gasteiger partial charge in [0.2, 0.25) is 0 Å². The zero-order chi connectivity index (χ0) is 16.0. The summed E-state index contributed by atoms with van der Waals surface area (Å²) in [6.07, 6.45) is 1.14. The molecule has 1 heterocycles. The molecule has 0 spiro atoms. The molecule has 0 aliphatic carbocycles. The van der Waals surface area contributed by atoms with E-state index in [2.05, 4.69) is 70.8 Å². The summed E-state index contributed by atoms with van der Waals surface area (Å²) in [6, 6.07) is 5.52. The Balaban J connectivity index is 3.11. The van der Waals surface area contributed by atoms with Crippen molar-refractivity contribution in [3.8, 4) is 0 Å². The number of anilines is 1. The van der Waals surface area contributed by atoms with Crippen molar-refractivity contribution in [2.75, 3.05) is 11.4 Å². The Kier molecular flexibility index (Phi) is 7.16. The molecular formula is C18H33N3. The highest BCUT2D eigenvalue weighted by molar-refractivity contribution is 5.44. The van der Waals surface area contributed by atoms with E-state index in [-0.39, 0.29) is 0 Å². The van der Waals surface area contributed by atoms with Gasteiger partial charge in [-0.15, -0.1) is 0 Å². The minimum atomic E-state index is 0.457. The predicted molar refractivity (Wildman–Crippen MR) is 93.1 cm³/mol. The van der Waals surface area contributed by atoms with E-state index in [0.29, 0.717) is 18.0 Å². The molecular weight excluding hydrogens is 258 g/mol. The van der Waals surface area contributed by atoms with Crippen LogP contribution in [0.15, 0.2) is 12.1 Å². The van der Waals surface area contributed by atoms with E-state index in [1.807, 2.05) is 0 Å². The summed E-state index contributed by atoms with van der Waals surface area (Å²) in [5, 5.41) is 3.51. The summed E-state index contributed by atoms with van der Waals surface area (Å²) in [7, 11) is 0. The first-order valence-electron chi connectivity index (χ1n) is 8.39. The van der Waals surface area contributed by atoms with Crippen molar-refractivity contribution in [1.82, 2.24) is 10.3 Å². The van der Waals surface area contributed by atoms with Gasteiger partial charge in [-0.25, -0.2) is 4.98 Å². The maximum Gasteiger partial charge on any atom is 0.129 e. The Morgan fingerprint density at radius 1 is 1.10 bits per heavy atom. The van der Waals surface area contributed by atoms with Crippen LogP contribution in [0.5, 0.6) is 0 Å². The molecule has 0 fully saturated rings. The summed E-state index contributed by atoms with van der Waals surface area (Å²) in [4.78, 5) is 7.31. The van der Waals surface area contributed by atoms with E-state index in [9.17, 15) is 0 Å². The highest BCUT2D eigenvalue weighted by atomic mass is 15.2. The third kappa shape index (κ3) is 5.31. The van der Waals surface area contributed by atoms with E-state index >= 15 is 0 Å². The second kappa shape index (κ2) is 8.38. The molecule has 3 nitrogen and oxygen atoms in total. The quantitative estimate of drug-likeness (QED) is 0.773. The van der Waals surface area contributed by atoms with Crippen molar-refractivity contribution in [2.24, 2.45) is 0 Å². The maximum atomic E-state index is 4.90. The molecule has 21 heavy (non-hydrogen) atoms. The second-order valence-electron chi connectivity index (χ2n) is 6.49. The molecule has 1 atom stereocenters. The van der Waals surface area contributed by atoms with E-state index in [4.69, 9.17) is 4.98 Å². The second-order valence-corrected chi connectivity index (χ2v) is 6.49. The molecule has 1 unspecified atom stereocenters. The lowest BCUT2D eigenvalue weighted by atomic mass is 10.1. The first-order chi connectivity index (χ1) is 9.88. The van der Waals surface area contributed by atoms with Gasteiger partial charge in [-0.2, -0.15) is 0 Å². The topological polar surface area (TPSA) is 28.2 Å². The Bertz CT molecular complexity index is 426. The molecule has 0 bridgehead atoms. The highest BCUT2D eigenvalue weighted by Gasteiger charge is 2.15. The van der Waals surface area contributed by atoms with Crippen LogP contribution in [0.25, 0.3) is 0 Å². The summed E-state index contributed by atoms with van der Waals surface area (Å²) in [5.41, 5.74) is 2.52. The van der Waals surface area contributed by atoms with Gasteiger partial charge in [0.25, 0.3) is 0 Å². The molecule has 0 radical (unpaired) electrons. The maximum absolute atomic E-state index is 4.90. The molecule has 0 aliphatic heterocycles. The Hall–Kier alpha value is -1.09. The number of rotatable bonds is 8. The van der Waals surface area contributed by atoms with Gasteiger partial charge in [-0.1, -0.05) is 34.6 Å². The van der Waals surface area contributed by atoms with E-state index in [1.54, 1.807) is 0 Å². The van der Waals surface area contributed by atoms with Crippen LogP contribution >= 0.6 is 0 Å². The third-order valence-corrected chi connectivity index (χ3v) is 3.96. The van der Waals surface area contributed by atoms with Crippen LogP contribution in [0, 0.1) is 0 Å². The van der Waals surface area contributed by atoms with Gasteiger partial charge in [0.1, 0.15) is 5.82 Å². The number of nitrogens with zero attached hydrogens (tertiary/aromatic N) is 2. The van der Waals surface area contributed by atoms with Crippen molar-refractivity contribution in [3.63, 3.8) is 0 Å². The molecule has 0 aliphatic rings. The van der Waals surface area contributed by atoms with Crippen molar-refractivity contribution in [3.05, 3.63) is 23.4 Å². The molecule has 1 rings (SSSR count). The molecule has 0 saturated carbocycles. The lowest BCUT2D eigenvalue weighted by Gasteiger charge is -2.29. The van der Waals surface area contributed by atoms with E-state index in [0.717, 1.165) is 25.3 Å². The number of nitrogens with one attached hydrogen (secondary N) is 1. The van der Waals surface area contributed by atoms with Gasteiger partial charge in [-0.3, -0.25) is 0 Å². The summed E-state index contributed by atoms with van der Waals surface area (Å²) in [5.74, 6) is 1.58. The van der Waals surface area contributed by atoms with Crippen LogP contribution in [0.4, 0.5) is 5.82 Å². The smallest absolute Gasteiger partial charge is 0.129 e. The number of hydrogen-bond acceptors (Lipinski definition) is 3. The molecule has 1 aromatic heterocycles. The van der Waals surface area contributed by atoms with Crippen molar-refractivity contribution in [2.45, 2.75) is 79.4 Å². The fraction of sp³-hybridized carbons (Fsp3) is 0.722. The van der Waals surface area contributed by atoms with Crippen LogP contribution < -0.4 is 10.2 Å². The summed E-state index contributed by atoms with van der Waals surface area (Å²) in [6.45, 7) is 17.4. The third-order valence-electron chi connectivity index (χ3n) is 3.96. The van der Waals surface area contributed by atoms with E-state index < -0.39 is 0 Å². The first kappa shape index (κ1) is 18.0. The van der Waals surface area contributed by atoms with Crippen LogP contribution in [0.1, 0.15) is 72.1 Å². The standard InChI is InChI=1S/C18H33N3/c1-8-15(7)21(9-2)18-11-16(12-19-14(5)6)10-17(20-18)13(3)4/h10-11,13-15,19H,8-9,12H2,1-7H3. The minimum Gasteiger partial charge on any atom is -0.354 e. The Labute approximate surface area is 131 Å². The van der Waals surface area contributed by atoms with Crippen molar-refractivity contribution >= 4 is 5.82 Å². The normalized spacial score (nSPS) is 13.0. The Morgan fingerprint density at radius 3 is 2.24 bits per heavy atom. The Morgan fingerprint density at radius 2 is 1.76 bits per heavy atom. The fourth-order valence-electron chi connectivity index (χ4n) is 2.38. The average molecular weight is 291 g/mol. The van der Waals surface area contributed by atoms with Gasteiger partial charge in [0.15, 0.2) is 0 Å². The van der Waals surface area contributed by atoms with Crippen molar-refractivity contribution < 1.29 is 0 Å². The first-order valence-corrected chi connectivity index (χ1v) is 8.39. The molecule has 3 heteroatoms. The molecule has 1 N–H and O–H groups in total. The van der Waals surface area contributed by atoms with Gasteiger partial charge in [0, 0.05) is 30.9 Å². The van der Waals surface area contributed by atoms with Gasteiger partial charge >= 0.3 is 0 Å². The van der Waals surface area contributed by atoms with Crippen LogP contribution in [0.2, 0.25) is 0 Å². The fourth-order valence-corrected chi connectivity index (χ4v) is 2.38. The molecule has 0 saturated heterocycles. The lowest BCUT2D eigenvalue weighted by Crippen LogP contribution is -2.33. The molecule has 0 amide bonds. The van der Waals surface area contributed by atoms with Crippen LogP contribution in [-0.2, 0) is 6.54 Å². The van der Waals surface area contributed by atoms with Gasteiger partial charge < -0.3 is 10.2 Å². The van der Waals surface area contributed by atoms with Gasteiger partial charge in [0.05, 0.1) is 0 Å². The monoisotopic (exact) mass is 291 g/mol. The molecule has 0 aromatic carbocycles. The van der Waals surface area contributed by atoms with Gasteiger partial charge in [-0.05, 0) is 43.9 Å². The van der Waals surface area contributed by atoms with Crippen molar-refractivity contribution in [1.29, 1.82) is 0 Å². The molecule has 120 valence electrons. The number of pyridine rings is 1. The van der Waals surface area contributed by atoms with E-state index in [1.165, 1.54) is 11.3 Å². The largest absolute Gasteiger partial charge is 0.354 e.